The van der Waals surface area contributed by atoms with Gasteiger partial charge in [0.05, 0.1) is 18.2 Å². The first-order valence-electron chi connectivity index (χ1n) is 6.40. The highest BCUT2D eigenvalue weighted by atomic mass is 19.1. The van der Waals surface area contributed by atoms with Crippen LogP contribution in [0.25, 0.3) is 11.0 Å². The molecule has 2 aromatic rings. The summed E-state index contributed by atoms with van der Waals surface area (Å²) in [5.41, 5.74) is 0.0836. The fourth-order valence-corrected chi connectivity index (χ4v) is 1.86. The molecule has 1 heterocycles. The van der Waals surface area contributed by atoms with Gasteiger partial charge >= 0.3 is 0 Å². The average molecular weight is 265 g/mol. The van der Waals surface area contributed by atoms with E-state index in [0.717, 1.165) is 5.39 Å². The molecule has 0 amide bonds. The standard InChI is InChI=1S/C15H20FNO2/c1-15(2,3)18-9-12(17-4)13-8-10-6-5-7-11(16)14(10)19-13/h5-8,12,17H,9H2,1-4H3. The molecule has 104 valence electrons. The zero-order valence-corrected chi connectivity index (χ0v) is 11.8. The van der Waals surface area contributed by atoms with Crippen LogP contribution in [0.4, 0.5) is 4.39 Å². The maximum absolute atomic E-state index is 13.6. The summed E-state index contributed by atoms with van der Waals surface area (Å²) in [5, 5.41) is 3.90. The van der Waals surface area contributed by atoms with Crippen LogP contribution in [0, 0.1) is 5.82 Å². The maximum atomic E-state index is 13.6. The molecule has 0 radical (unpaired) electrons. The molecule has 19 heavy (non-hydrogen) atoms. The summed E-state index contributed by atoms with van der Waals surface area (Å²) in [6.45, 7) is 6.47. The first-order valence-corrected chi connectivity index (χ1v) is 6.40. The molecule has 1 N–H and O–H groups in total. The minimum Gasteiger partial charge on any atom is -0.456 e. The van der Waals surface area contributed by atoms with E-state index in [-0.39, 0.29) is 17.5 Å². The van der Waals surface area contributed by atoms with Gasteiger partial charge in [-0.15, -0.1) is 0 Å². The van der Waals surface area contributed by atoms with Crippen LogP contribution < -0.4 is 5.32 Å². The summed E-state index contributed by atoms with van der Waals surface area (Å²) in [7, 11) is 1.83. The van der Waals surface area contributed by atoms with E-state index < -0.39 is 0 Å². The van der Waals surface area contributed by atoms with E-state index in [0.29, 0.717) is 18.0 Å². The summed E-state index contributed by atoms with van der Waals surface area (Å²) in [5.74, 6) is 0.349. The molecule has 0 aliphatic heterocycles. The fourth-order valence-electron chi connectivity index (χ4n) is 1.86. The Morgan fingerprint density at radius 1 is 1.37 bits per heavy atom. The minimum absolute atomic E-state index is 0.0916. The highest BCUT2D eigenvalue weighted by Crippen LogP contribution is 2.26. The SMILES string of the molecule is CNC(COC(C)(C)C)c1cc2cccc(F)c2o1. The molecule has 3 nitrogen and oxygen atoms in total. The van der Waals surface area contributed by atoms with Crippen LogP contribution in [0.5, 0.6) is 0 Å². The van der Waals surface area contributed by atoms with E-state index in [9.17, 15) is 4.39 Å². The van der Waals surface area contributed by atoms with Gasteiger partial charge in [0, 0.05) is 5.39 Å². The van der Waals surface area contributed by atoms with Crippen LogP contribution in [-0.2, 0) is 4.74 Å². The summed E-state index contributed by atoms with van der Waals surface area (Å²) < 4.78 is 24.9. The Hall–Kier alpha value is -1.39. The first-order chi connectivity index (χ1) is 8.90. The molecule has 1 aromatic heterocycles. The minimum atomic E-state index is -0.338. The van der Waals surface area contributed by atoms with Gasteiger partial charge in [0.15, 0.2) is 11.4 Å². The molecule has 0 saturated heterocycles. The van der Waals surface area contributed by atoms with Gasteiger partial charge in [0.2, 0.25) is 0 Å². The third-order valence-corrected chi connectivity index (χ3v) is 2.89. The van der Waals surface area contributed by atoms with Gasteiger partial charge in [-0.2, -0.15) is 0 Å². The highest BCUT2D eigenvalue weighted by Gasteiger charge is 2.19. The molecule has 0 aliphatic rings. The molecule has 0 spiro atoms. The number of benzene rings is 1. The number of para-hydroxylation sites is 1. The number of rotatable bonds is 4. The lowest BCUT2D eigenvalue weighted by atomic mass is 10.1. The molecule has 1 atom stereocenters. The van der Waals surface area contributed by atoms with Crippen molar-refractivity contribution in [3.63, 3.8) is 0 Å². The van der Waals surface area contributed by atoms with Gasteiger partial charge in [0.25, 0.3) is 0 Å². The van der Waals surface area contributed by atoms with Crippen molar-refractivity contribution in [3.05, 3.63) is 35.8 Å². The van der Waals surface area contributed by atoms with E-state index in [1.165, 1.54) is 6.07 Å². The van der Waals surface area contributed by atoms with Crippen LogP contribution >= 0.6 is 0 Å². The normalized spacial score (nSPS) is 13.9. The Labute approximate surface area is 112 Å². The second-order valence-electron chi connectivity index (χ2n) is 5.57. The molecule has 1 aromatic carbocycles. The topological polar surface area (TPSA) is 34.4 Å². The molecular formula is C15H20FNO2. The predicted octanol–water partition coefficient (Wildman–Crippen LogP) is 3.65. The van der Waals surface area contributed by atoms with Crippen molar-refractivity contribution in [2.75, 3.05) is 13.7 Å². The van der Waals surface area contributed by atoms with Gasteiger partial charge in [-0.1, -0.05) is 12.1 Å². The molecule has 2 rings (SSSR count). The Morgan fingerprint density at radius 2 is 2.11 bits per heavy atom. The van der Waals surface area contributed by atoms with Crippen LogP contribution in [0.2, 0.25) is 0 Å². The van der Waals surface area contributed by atoms with E-state index in [1.54, 1.807) is 6.07 Å². The number of nitrogens with one attached hydrogen (secondary N) is 1. The third-order valence-electron chi connectivity index (χ3n) is 2.89. The molecular weight excluding hydrogens is 245 g/mol. The maximum Gasteiger partial charge on any atom is 0.169 e. The van der Waals surface area contributed by atoms with Crippen molar-refractivity contribution < 1.29 is 13.5 Å². The molecule has 0 aliphatic carbocycles. The van der Waals surface area contributed by atoms with Crippen LogP contribution in [0.3, 0.4) is 0 Å². The predicted molar refractivity (Wildman–Crippen MR) is 73.7 cm³/mol. The van der Waals surface area contributed by atoms with Gasteiger partial charge < -0.3 is 14.5 Å². The highest BCUT2D eigenvalue weighted by molar-refractivity contribution is 5.78. The monoisotopic (exact) mass is 265 g/mol. The molecule has 0 saturated carbocycles. The van der Waals surface area contributed by atoms with E-state index in [4.69, 9.17) is 9.15 Å². The first kappa shape index (κ1) is 14.0. The Bertz CT molecular complexity index is 557. The van der Waals surface area contributed by atoms with E-state index in [2.05, 4.69) is 5.32 Å². The van der Waals surface area contributed by atoms with E-state index in [1.807, 2.05) is 40.0 Å². The molecule has 0 fully saturated rings. The number of halogens is 1. The van der Waals surface area contributed by atoms with Crippen molar-refractivity contribution in [1.29, 1.82) is 0 Å². The zero-order valence-electron chi connectivity index (χ0n) is 11.8. The van der Waals surface area contributed by atoms with Gasteiger partial charge in [-0.3, -0.25) is 0 Å². The van der Waals surface area contributed by atoms with Crippen molar-refractivity contribution in [1.82, 2.24) is 5.32 Å². The van der Waals surface area contributed by atoms with E-state index >= 15 is 0 Å². The van der Waals surface area contributed by atoms with Crippen molar-refractivity contribution >= 4 is 11.0 Å². The van der Waals surface area contributed by atoms with Gasteiger partial charge in [-0.05, 0) is 40.0 Å². The Kier molecular flexibility index (Phi) is 3.92. The van der Waals surface area contributed by atoms with Gasteiger partial charge in [0.1, 0.15) is 5.76 Å². The fraction of sp³-hybridized carbons (Fsp3) is 0.467. The summed E-state index contributed by atoms with van der Waals surface area (Å²) in [6.07, 6.45) is 0. The summed E-state index contributed by atoms with van der Waals surface area (Å²) in [4.78, 5) is 0. The van der Waals surface area contributed by atoms with Crippen molar-refractivity contribution in [2.24, 2.45) is 0 Å². The lowest BCUT2D eigenvalue weighted by Crippen LogP contribution is -2.28. The number of likely N-dealkylation sites (N-methyl/N-ethyl adjacent to an activating group) is 1. The number of ether oxygens (including phenoxy) is 1. The number of hydrogen-bond acceptors (Lipinski definition) is 3. The molecule has 1 unspecified atom stereocenters. The Morgan fingerprint density at radius 3 is 2.68 bits per heavy atom. The lowest BCUT2D eigenvalue weighted by molar-refractivity contribution is -0.0161. The molecule has 0 bridgehead atoms. The second-order valence-corrected chi connectivity index (χ2v) is 5.57. The average Bonchev–Trinajstić information content (AvgIpc) is 2.73. The summed E-state index contributed by atoms with van der Waals surface area (Å²) >= 11 is 0. The second kappa shape index (κ2) is 5.31. The summed E-state index contributed by atoms with van der Waals surface area (Å²) in [6, 6.07) is 6.67. The molecule has 4 heteroatoms. The van der Waals surface area contributed by atoms with Crippen LogP contribution in [0.1, 0.15) is 32.6 Å². The number of hydrogen-bond donors (Lipinski definition) is 1. The number of fused-ring (bicyclic) bond motifs is 1. The van der Waals surface area contributed by atoms with Crippen LogP contribution in [0.15, 0.2) is 28.7 Å². The van der Waals surface area contributed by atoms with Crippen molar-refractivity contribution in [3.8, 4) is 0 Å². The quantitative estimate of drug-likeness (QED) is 0.916. The third kappa shape index (κ3) is 3.33. The van der Waals surface area contributed by atoms with Crippen LogP contribution in [-0.4, -0.2) is 19.3 Å². The van der Waals surface area contributed by atoms with Crippen molar-refractivity contribution in [2.45, 2.75) is 32.4 Å². The van der Waals surface area contributed by atoms with Gasteiger partial charge in [-0.25, -0.2) is 4.39 Å². The number of furan rings is 1. The Balaban J connectivity index is 2.23. The smallest absolute Gasteiger partial charge is 0.169 e. The largest absolute Gasteiger partial charge is 0.456 e. The lowest BCUT2D eigenvalue weighted by Gasteiger charge is -2.23. The zero-order chi connectivity index (χ0) is 14.0.